The van der Waals surface area contributed by atoms with Gasteiger partial charge >= 0.3 is 0 Å². The summed E-state index contributed by atoms with van der Waals surface area (Å²) in [4.78, 5) is 11.9. The highest BCUT2D eigenvalue weighted by molar-refractivity contribution is 9.10. The maximum Gasteiger partial charge on any atom is 0.252 e. The molecule has 1 amide bonds. The number of carbonyl (C=O) groups is 1. The van der Waals surface area contributed by atoms with E-state index < -0.39 is 5.60 Å². The summed E-state index contributed by atoms with van der Waals surface area (Å²) in [7, 11) is 0. The Balaban J connectivity index is 2.01. The van der Waals surface area contributed by atoms with Crippen LogP contribution in [0, 0.1) is 0 Å². The van der Waals surface area contributed by atoms with Crippen molar-refractivity contribution in [1.82, 2.24) is 5.32 Å². The molecule has 0 aromatic heterocycles. The minimum absolute atomic E-state index is 0.222. The van der Waals surface area contributed by atoms with Crippen LogP contribution in [0.5, 0.6) is 0 Å². The van der Waals surface area contributed by atoms with Crippen molar-refractivity contribution in [2.45, 2.75) is 24.9 Å². The van der Waals surface area contributed by atoms with E-state index in [9.17, 15) is 9.90 Å². The summed E-state index contributed by atoms with van der Waals surface area (Å²) in [6, 6.07) is 5.04. The molecule has 17 heavy (non-hydrogen) atoms. The first-order valence-corrected chi connectivity index (χ1v) is 6.63. The Morgan fingerprint density at radius 3 is 2.82 bits per heavy atom. The van der Waals surface area contributed by atoms with E-state index >= 15 is 0 Å². The largest absolute Gasteiger partial charge is 0.388 e. The lowest BCUT2D eigenvalue weighted by molar-refractivity contribution is -0.0300. The van der Waals surface area contributed by atoms with E-state index in [2.05, 4.69) is 21.2 Å². The smallest absolute Gasteiger partial charge is 0.252 e. The first kappa shape index (κ1) is 12.9. The zero-order chi connectivity index (χ0) is 12.5. The van der Waals surface area contributed by atoms with Crippen LogP contribution in [0.25, 0.3) is 0 Å². The summed E-state index contributed by atoms with van der Waals surface area (Å²) in [6.07, 6.45) is 2.53. The van der Waals surface area contributed by atoms with Gasteiger partial charge in [0.15, 0.2) is 0 Å². The number of benzene rings is 1. The molecule has 0 saturated heterocycles. The summed E-state index contributed by atoms with van der Waals surface area (Å²) in [5.41, 5.74) is -0.221. The van der Waals surface area contributed by atoms with Gasteiger partial charge in [-0.05, 0) is 53.4 Å². The van der Waals surface area contributed by atoms with Gasteiger partial charge in [-0.1, -0.05) is 11.6 Å². The number of aliphatic hydroxyl groups is 1. The maximum atomic E-state index is 11.9. The average Bonchev–Trinajstić information content (AvgIpc) is 2.26. The van der Waals surface area contributed by atoms with Crippen LogP contribution < -0.4 is 5.32 Å². The molecule has 0 heterocycles. The van der Waals surface area contributed by atoms with Gasteiger partial charge in [-0.15, -0.1) is 0 Å². The molecule has 1 fully saturated rings. The minimum atomic E-state index is -0.708. The molecule has 1 aromatic rings. The average molecular weight is 319 g/mol. The van der Waals surface area contributed by atoms with Crippen LogP contribution >= 0.6 is 27.5 Å². The SMILES string of the molecule is O=C(NCC1(O)CCC1)c1cc(Cl)ccc1Br. The maximum absolute atomic E-state index is 11.9. The van der Waals surface area contributed by atoms with Gasteiger partial charge < -0.3 is 10.4 Å². The van der Waals surface area contributed by atoms with Crippen LogP contribution in [0.15, 0.2) is 22.7 Å². The Hall–Kier alpha value is -0.580. The third-order valence-corrected chi connectivity index (χ3v) is 3.96. The van der Waals surface area contributed by atoms with Gasteiger partial charge in [-0.25, -0.2) is 0 Å². The number of amides is 1. The standard InChI is InChI=1S/C12H13BrClNO2/c13-10-3-2-8(14)6-9(10)11(16)15-7-12(17)4-1-5-12/h2-3,6,17H,1,4-5,7H2,(H,15,16). The normalized spacial score (nSPS) is 17.4. The lowest BCUT2D eigenvalue weighted by atomic mass is 9.80. The minimum Gasteiger partial charge on any atom is -0.388 e. The lowest BCUT2D eigenvalue weighted by Gasteiger charge is -2.36. The van der Waals surface area contributed by atoms with E-state index in [1.807, 2.05) is 0 Å². The van der Waals surface area contributed by atoms with Crippen molar-refractivity contribution in [3.05, 3.63) is 33.3 Å². The molecule has 1 aliphatic rings. The van der Waals surface area contributed by atoms with Gasteiger partial charge in [0.1, 0.15) is 0 Å². The summed E-state index contributed by atoms with van der Waals surface area (Å²) in [5, 5.41) is 13.1. The predicted octanol–water partition coefficient (Wildman–Crippen LogP) is 2.75. The number of hydrogen-bond acceptors (Lipinski definition) is 2. The van der Waals surface area contributed by atoms with Gasteiger partial charge in [0, 0.05) is 16.0 Å². The molecule has 1 saturated carbocycles. The molecule has 3 nitrogen and oxygen atoms in total. The van der Waals surface area contributed by atoms with Crippen LogP contribution in [-0.2, 0) is 0 Å². The highest BCUT2D eigenvalue weighted by Gasteiger charge is 2.34. The zero-order valence-electron chi connectivity index (χ0n) is 9.17. The molecule has 0 bridgehead atoms. The quantitative estimate of drug-likeness (QED) is 0.900. The van der Waals surface area contributed by atoms with E-state index in [4.69, 9.17) is 11.6 Å². The van der Waals surface area contributed by atoms with E-state index in [0.717, 1.165) is 19.3 Å². The molecule has 0 unspecified atom stereocenters. The molecule has 0 aliphatic heterocycles. The van der Waals surface area contributed by atoms with Crippen molar-refractivity contribution in [1.29, 1.82) is 0 Å². The monoisotopic (exact) mass is 317 g/mol. The molecular formula is C12H13BrClNO2. The van der Waals surface area contributed by atoms with Crippen molar-refractivity contribution in [2.75, 3.05) is 6.54 Å². The van der Waals surface area contributed by atoms with E-state index in [1.165, 1.54) is 0 Å². The fraction of sp³-hybridized carbons (Fsp3) is 0.417. The Labute approximate surface area is 113 Å². The number of hydrogen-bond donors (Lipinski definition) is 2. The second kappa shape index (κ2) is 4.96. The van der Waals surface area contributed by atoms with Crippen molar-refractivity contribution < 1.29 is 9.90 Å². The Kier molecular flexibility index (Phi) is 3.76. The molecule has 0 radical (unpaired) electrons. The second-order valence-corrected chi connectivity index (χ2v) is 5.68. The van der Waals surface area contributed by atoms with Gasteiger partial charge in [0.05, 0.1) is 11.2 Å². The Bertz CT molecular complexity index is 446. The van der Waals surface area contributed by atoms with Crippen LogP contribution in [0.2, 0.25) is 5.02 Å². The highest BCUT2D eigenvalue weighted by atomic mass is 79.9. The third-order valence-electron chi connectivity index (χ3n) is 3.04. The van der Waals surface area contributed by atoms with Crippen molar-refractivity contribution >= 4 is 33.4 Å². The third kappa shape index (κ3) is 3.00. The van der Waals surface area contributed by atoms with Gasteiger partial charge in [-0.2, -0.15) is 0 Å². The van der Waals surface area contributed by atoms with E-state index in [-0.39, 0.29) is 5.91 Å². The number of halogens is 2. The Morgan fingerprint density at radius 2 is 2.24 bits per heavy atom. The van der Waals surface area contributed by atoms with Crippen LogP contribution in [0.4, 0.5) is 0 Å². The highest BCUT2D eigenvalue weighted by Crippen LogP contribution is 2.30. The van der Waals surface area contributed by atoms with E-state index in [0.29, 0.717) is 21.6 Å². The molecule has 1 aliphatic carbocycles. The Morgan fingerprint density at radius 1 is 1.53 bits per heavy atom. The molecule has 0 spiro atoms. The topological polar surface area (TPSA) is 49.3 Å². The molecule has 2 N–H and O–H groups in total. The molecule has 2 rings (SSSR count). The molecule has 1 aromatic carbocycles. The van der Waals surface area contributed by atoms with E-state index in [1.54, 1.807) is 18.2 Å². The van der Waals surface area contributed by atoms with Crippen LogP contribution in [-0.4, -0.2) is 23.2 Å². The van der Waals surface area contributed by atoms with Crippen molar-refractivity contribution in [3.8, 4) is 0 Å². The molecule has 0 atom stereocenters. The number of carbonyl (C=O) groups excluding carboxylic acids is 1. The second-order valence-electron chi connectivity index (χ2n) is 4.38. The molecule has 92 valence electrons. The van der Waals surface area contributed by atoms with Crippen molar-refractivity contribution in [2.24, 2.45) is 0 Å². The summed E-state index contributed by atoms with van der Waals surface area (Å²) in [6.45, 7) is 0.296. The summed E-state index contributed by atoms with van der Waals surface area (Å²) in [5.74, 6) is -0.222. The summed E-state index contributed by atoms with van der Waals surface area (Å²) < 4.78 is 0.694. The fourth-order valence-electron chi connectivity index (χ4n) is 1.77. The first-order chi connectivity index (χ1) is 8.00. The van der Waals surface area contributed by atoms with Crippen LogP contribution in [0.3, 0.4) is 0 Å². The first-order valence-electron chi connectivity index (χ1n) is 5.46. The zero-order valence-corrected chi connectivity index (χ0v) is 11.5. The predicted molar refractivity (Wildman–Crippen MR) is 70.3 cm³/mol. The fourth-order valence-corrected chi connectivity index (χ4v) is 2.37. The number of nitrogens with one attached hydrogen (secondary N) is 1. The molecule has 5 heteroatoms. The van der Waals surface area contributed by atoms with Crippen LogP contribution in [0.1, 0.15) is 29.6 Å². The number of rotatable bonds is 3. The van der Waals surface area contributed by atoms with Gasteiger partial charge in [-0.3, -0.25) is 4.79 Å². The van der Waals surface area contributed by atoms with Gasteiger partial charge in [0.25, 0.3) is 5.91 Å². The van der Waals surface area contributed by atoms with Gasteiger partial charge in [0.2, 0.25) is 0 Å². The lowest BCUT2D eigenvalue weighted by Crippen LogP contribution is -2.47. The summed E-state index contributed by atoms with van der Waals surface area (Å²) >= 11 is 9.14. The molecular weight excluding hydrogens is 305 g/mol. The van der Waals surface area contributed by atoms with Crippen molar-refractivity contribution in [3.63, 3.8) is 0 Å².